The van der Waals surface area contributed by atoms with Crippen molar-refractivity contribution in [2.75, 3.05) is 0 Å². The number of carbonyl (C=O) groups excluding carboxylic acids is 2. The molecule has 0 spiro atoms. The van der Waals surface area contributed by atoms with Gasteiger partial charge < -0.3 is 16.4 Å². The molecule has 0 aliphatic carbocycles. The molecule has 0 saturated carbocycles. The number of rotatable bonds is 2. The van der Waals surface area contributed by atoms with E-state index < -0.39 is 11.9 Å². The van der Waals surface area contributed by atoms with Gasteiger partial charge in [-0.2, -0.15) is 0 Å². The van der Waals surface area contributed by atoms with Crippen molar-refractivity contribution < 1.29 is 9.59 Å². The van der Waals surface area contributed by atoms with E-state index in [4.69, 9.17) is 5.73 Å². The number of hydrogen-bond donors (Lipinski definition) is 3. The number of amides is 3. The predicted octanol–water partition coefficient (Wildman–Crippen LogP) is 1.11. The Labute approximate surface area is 105 Å². The highest BCUT2D eigenvalue weighted by Gasteiger charge is 2.29. The maximum atomic E-state index is 11.5. The minimum atomic E-state index is -0.537. The number of nitrogens with two attached hydrogens (primary N) is 1. The molecule has 94 valence electrons. The molecule has 1 unspecified atom stereocenters. The first-order valence-electron chi connectivity index (χ1n) is 5.63. The van der Waals surface area contributed by atoms with Crippen LogP contribution in [-0.4, -0.2) is 11.9 Å². The fraction of sp³-hybridized carbons (Fsp3) is 0.231. The van der Waals surface area contributed by atoms with Crippen LogP contribution in [0.25, 0.3) is 0 Å². The first-order valence-corrected chi connectivity index (χ1v) is 5.63. The molecule has 2 rings (SSSR count). The summed E-state index contributed by atoms with van der Waals surface area (Å²) in [6, 6.07) is 6.79. The van der Waals surface area contributed by atoms with Gasteiger partial charge in [-0.25, -0.2) is 4.79 Å². The summed E-state index contributed by atoms with van der Waals surface area (Å²) >= 11 is 0. The summed E-state index contributed by atoms with van der Waals surface area (Å²) in [5, 5.41) is 5.26. The van der Waals surface area contributed by atoms with Crippen LogP contribution in [0.2, 0.25) is 0 Å². The molecule has 1 atom stereocenters. The minimum absolute atomic E-state index is 0.330. The second-order valence-corrected chi connectivity index (χ2v) is 4.35. The number of aryl methyl sites for hydroxylation is 1. The van der Waals surface area contributed by atoms with Crippen molar-refractivity contribution in [2.45, 2.75) is 19.9 Å². The lowest BCUT2D eigenvalue weighted by molar-refractivity contribution is -0.115. The maximum absolute atomic E-state index is 11.5. The average molecular weight is 245 g/mol. The molecular formula is C13H15N3O2. The number of primary amides is 1. The molecule has 0 bridgehead atoms. The van der Waals surface area contributed by atoms with Crippen LogP contribution in [0.1, 0.15) is 24.1 Å². The largest absolute Gasteiger partial charge is 0.366 e. The Morgan fingerprint density at radius 2 is 1.83 bits per heavy atom. The summed E-state index contributed by atoms with van der Waals surface area (Å²) in [6.07, 6.45) is 0. The third-order valence-corrected chi connectivity index (χ3v) is 2.95. The summed E-state index contributed by atoms with van der Waals surface area (Å²) in [4.78, 5) is 23.0. The molecule has 1 aromatic rings. The summed E-state index contributed by atoms with van der Waals surface area (Å²) in [5.74, 6) is -0.537. The molecule has 0 radical (unpaired) electrons. The highest BCUT2D eigenvalue weighted by atomic mass is 16.2. The normalized spacial score (nSPS) is 19.2. The quantitative estimate of drug-likeness (QED) is 0.729. The second-order valence-electron chi connectivity index (χ2n) is 4.35. The number of hydrogen-bond acceptors (Lipinski definition) is 2. The Bertz CT molecular complexity index is 532. The first-order chi connectivity index (χ1) is 8.49. The minimum Gasteiger partial charge on any atom is -0.366 e. The van der Waals surface area contributed by atoms with Crippen LogP contribution in [-0.2, 0) is 4.79 Å². The van der Waals surface area contributed by atoms with Crippen LogP contribution in [0, 0.1) is 6.92 Å². The van der Waals surface area contributed by atoms with Crippen molar-refractivity contribution in [2.24, 2.45) is 5.73 Å². The van der Waals surface area contributed by atoms with Gasteiger partial charge in [0.1, 0.15) is 0 Å². The van der Waals surface area contributed by atoms with Gasteiger partial charge in [0.2, 0.25) is 5.91 Å². The van der Waals surface area contributed by atoms with Gasteiger partial charge in [0, 0.05) is 5.70 Å². The lowest BCUT2D eigenvalue weighted by atomic mass is 9.94. The lowest BCUT2D eigenvalue weighted by Crippen LogP contribution is -2.46. The third kappa shape index (κ3) is 2.20. The predicted molar refractivity (Wildman–Crippen MR) is 67.5 cm³/mol. The summed E-state index contributed by atoms with van der Waals surface area (Å²) < 4.78 is 0. The van der Waals surface area contributed by atoms with Crippen LogP contribution in [0.3, 0.4) is 0 Å². The summed E-state index contributed by atoms with van der Waals surface area (Å²) in [5.41, 5.74) is 8.21. The zero-order valence-corrected chi connectivity index (χ0v) is 10.3. The fourth-order valence-corrected chi connectivity index (χ4v) is 2.03. The number of nitrogens with one attached hydrogen (secondary N) is 2. The highest BCUT2D eigenvalue weighted by molar-refractivity contribution is 5.97. The van der Waals surface area contributed by atoms with Gasteiger partial charge in [0.25, 0.3) is 0 Å². The van der Waals surface area contributed by atoms with Crippen molar-refractivity contribution in [1.29, 1.82) is 0 Å². The van der Waals surface area contributed by atoms with E-state index in [9.17, 15) is 9.59 Å². The monoisotopic (exact) mass is 245 g/mol. The fourth-order valence-electron chi connectivity index (χ4n) is 2.03. The van der Waals surface area contributed by atoms with Crippen molar-refractivity contribution in [3.8, 4) is 0 Å². The van der Waals surface area contributed by atoms with Gasteiger partial charge >= 0.3 is 6.03 Å². The molecule has 0 fully saturated rings. The molecule has 18 heavy (non-hydrogen) atoms. The molecule has 0 aromatic heterocycles. The van der Waals surface area contributed by atoms with E-state index in [1.807, 2.05) is 31.2 Å². The van der Waals surface area contributed by atoms with E-state index in [2.05, 4.69) is 10.6 Å². The number of benzene rings is 1. The lowest BCUT2D eigenvalue weighted by Gasteiger charge is -2.27. The standard InChI is InChI=1S/C13H15N3O2/c1-7-3-5-9(6-4-7)11-10(12(14)17)8(2)15-13(18)16-11/h3-6,11H,1-2H3,(H2,14,17)(H2,15,16,18). The van der Waals surface area contributed by atoms with E-state index in [-0.39, 0.29) is 6.03 Å². The van der Waals surface area contributed by atoms with Crippen molar-refractivity contribution in [3.63, 3.8) is 0 Å². The maximum Gasteiger partial charge on any atom is 0.319 e. The molecule has 0 saturated heterocycles. The van der Waals surface area contributed by atoms with Gasteiger partial charge in [-0.15, -0.1) is 0 Å². The zero-order valence-electron chi connectivity index (χ0n) is 10.3. The Morgan fingerprint density at radius 1 is 1.22 bits per heavy atom. The van der Waals surface area contributed by atoms with Gasteiger partial charge in [-0.1, -0.05) is 29.8 Å². The van der Waals surface area contributed by atoms with E-state index in [1.165, 1.54) is 0 Å². The second kappa shape index (κ2) is 4.52. The van der Waals surface area contributed by atoms with Crippen molar-refractivity contribution >= 4 is 11.9 Å². The Morgan fingerprint density at radius 3 is 2.39 bits per heavy atom. The number of carbonyl (C=O) groups is 2. The topological polar surface area (TPSA) is 84.2 Å². The van der Waals surface area contributed by atoms with Crippen LogP contribution in [0.4, 0.5) is 4.79 Å². The highest BCUT2D eigenvalue weighted by Crippen LogP contribution is 2.26. The molecule has 5 heteroatoms. The van der Waals surface area contributed by atoms with E-state index in [1.54, 1.807) is 6.92 Å². The third-order valence-electron chi connectivity index (χ3n) is 2.95. The van der Waals surface area contributed by atoms with Gasteiger partial charge in [-0.3, -0.25) is 4.79 Å². The Balaban J connectivity index is 2.46. The smallest absolute Gasteiger partial charge is 0.319 e. The average Bonchev–Trinajstić information content (AvgIpc) is 2.28. The number of urea groups is 1. The number of allylic oxidation sites excluding steroid dienone is 1. The van der Waals surface area contributed by atoms with Crippen molar-refractivity contribution in [3.05, 3.63) is 46.7 Å². The van der Waals surface area contributed by atoms with Gasteiger partial charge in [0.05, 0.1) is 11.6 Å². The van der Waals surface area contributed by atoms with Gasteiger partial charge in [-0.05, 0) is 19.4 Å². The van der Waals surface area contributed by atoms with Crippen molar-refractivity contribution in [1.82, 2.24) is 10.6 Å². The molecule has 1 aliphatic rings. The Kier molecular flexibility index (Phi) is 3.06. The molecule has 1 aliphatic heterocycles. The molecule has 1 heterocycles. The Hall–Kier alpha value is -2.30. The molecule has 4 N–H and O–H groups in total. The van der Waals surface area contributed by atoms with Crippen LogP contribution < -0.4 is 16.4 Å². The van der Waals surface area contributed by atoms with Crippen LogP contribution in [0.15, 0.2) is 35.5 Å². The molecular weight excluding hydrogens is 230 g/mol. The molecule has 3 amide bonds. The van der Waals surface area contributed by atoms with Crippen LogP contribution >= 0.6 is 0 Å². The molecule has 5 nitrogen and oxygen atoms in total. The van der Waals surface area contributed by atoms with Crippen LogP contribution in [0.5, 0.6) is 0 Å². The van der Waals surface area contributed by atoms with E-state index in [0.717, 1.165) is 11.1 Å². The summed E-state index contributed by atoms with van der Waals surface area (Å²) in [7, 11) is 0. The first kappa shape index (κ1) is 12.2. The summed E-state index contributed by atoms with van der Waals surface area (Å²) in [6.45, 7) is 3.64. The molecule has 1 aromatic carbocycles. The van der Waals surface area contributed by atoms with E-state index in [0.29, 0.717) is 11.3 Å². The van der Waals surface area contributed by atoms with E-state index >= 15 is 0 Å². The SMILES string of the molecule is CC1=C(C(N)=O)C(c2ccc(C)cc2)NC(=O)N1. The van der Waals surface area contributed by atoms with Gasteiger partial charge in [0.15, 0.2) is 0 Å². The zero-order chi connectivity index (χ0) is 13.3.